The first-order chi connectivity index (χ1) is 19.9. The van der Waals surface area contributed by atoms with Crippen LogP contribution in [0.4, 0.5) is 11.4 Å². The van der Waals surface area contributed by atoms with Crippen LogP contribution in [-0.4, -0.2) is 55.1 Å². The van der Waals surface area contributed by atoms with Crippen molar-refractivity contribution in [3.05, 3.63) is 66.2 Å². The van der Waals surface area contributed by atoms with Gasteiger partial charge < -0.3 is 24.8 Å². The van der Waals surface area contributed by atoms with Crippen molar-refractivity contribution in [3.8, 4) is 17.2 Å². The topological polar surface area (TPSA) is 132 Å². The van der Waals surface area contributed by atoms with E-state index in [0.717, 1.165) is 32.1 Å². The third-order valence-corrected chi connectivity index (χ3v) is 6.93. The normalized spacial score (nSPS) is 14.0. The molecule has 216 valence electrons. The second-order valence-electron chi connectivity index (χ2n) is 9.70. The van der Waals surface area contributed by atoms with Crippen molar-refractivity contribution >= 4 is 29.1 Å². The van der Waals surface area contributed by atoms with Gasteiger partial charge in [0.2, 0.25) is 17.6 Å². The highest BCUT2D eigenvalue weighted by molar-refractivity contribution is 6.09. The monoisotopic (exact) mass is 561 g/mol. The Morgan fingerprint density at radius 2 is 1.59 bits per heavy atom. The Morgan fingerprint density at radius 3 is 2.12 bits per heavy atom. The number of ether oxygens (including phenoxy) is 3. The van der Waals surface area contributed by atoms with Crippen molar-refractivity contribution in [2.24, 2.45) is 0 Å². The Hall–Kier alpha value is -4.67. The van der Waals surface area contributed by atoms with Gasteiger partial charge >= 0.3 is 0 Å². The van der Waals surface area contributed by atoms with E-state index in [-0.39, 0.29) is 23.6 Å². The summed E-state index contributed by atoms with van der Waals surface area (Å²) in [5.41, 5.74) is 1.45. The number of nitrogens with zero attached hydrogens (tertiary/aromatic N) is 3. The molecule has 1 aliphatic rings. The van der Waals surface area contributed by atoms with Crippen LogP contribution in [0.1, 0.15) is 61.1 Å². The van der Waals surface area contributed by atoms with Gasteiger partial charge in [-0.25, -0.2) is 4.98 Å². The number of amides is 3. The summed E-state index contributed by atoms with van der Waals surface area (Å²) in [5, 5.41) is 5.90. The minimum Gasteiger partial charge on any atom is -0.493 e. The molecule has 11 nitrogen and oxygen atoms in total. The molecule has 0 radical (unpaired) electrons. The van der Waals surface area contributed by atoms with Crippen molar-refractivity contribution in [1.82, 2.24) is 15.3 Å². The lowest BCUT2D eigenvalue weighted by atomic mass is 9.94. The van der Waals surface area contributed by atoms with Gasteiger partial charge in [0.05, 0.1) is 27.5 Å². The molecule has 1 heterocycles. The highest BCUT2D eigenvalue weighted by Crippen LogP contribution is 2.42. The van der Waals surface area contributed by atoms with Gasteiger partial charge in [-0.1, -0.05) is 19.3 Å². The van der Waals surface area contributed by atoms with E-state index in [1.54, 1.807) is 36.4 Å². The van der Waals surface area contributed by atoms with E-state index < -0.39 is 11.9 Å². The van der Waals surface area contributed by atoms with Crippen molar-refractivity contribution < 1.29 is 28.6 Å². The summed E-state index contributed by atoms with van der Waals surface area (Å²) in [6, 6.07) is 8.82. The molecule has 1 fully saturated rings. The molecule has 1 saturated carbocycles. The fourth-order valence-corrected chi connectivity index (χ4v) is 5.03. The zero-order valence-electron chi connectivity index (χ0n) is 23.7. The average Bonchev–Trinajstić information content (AvgIpc) is 2.99. The van der Waals surface area contributed by atoms with Crippen LogP contribution in [0.25, 0.3) is 0 Å². The molecule has 1 aliphatic carbocycles. The van der Waals surface area contributed by atoms with Gasteiger partial charge in [0.15, 0.2) is 11.5 Å². The Bertz CT molecular complexity index is 1330. The van der Waals surface area contributed by atoms with Crippen molar-refractivity contribution in [1.29, 1.82) is 0 Å². The number of hydrogen-bond donors (Lipinski definition) is 2. The van der Waals surface area contributed by atoms with Crippen LogP contribution in [-0.2, 0) is 9.59 Å². The minimum atomic E-state index is -1.15. The first kappa shape index (κ1) is 29.3. The first-order valence-corrected chi connectivity index (χ1v) is 13.4. The summed E-state index contributed by atoms with van der Waals surface area (Å²) in [4.78, 5) is 49.6. The molecule has 0 spiro atoms. The number of rotatable bonds is 10. The smallest absolute Gasteiger partial charge is 0.279 e. The number of benzene rings is 2. The van der Waals surface area contributed by atoms with Crippen LogP contribution in [0.2, 0.25) is 0 Å². The molecular formula is C30H35N5O6. The molecule has 2 aromatic carbocycles. The number of nitrogens with one attached hydrogen (secondary N) is 2. The summed E-state index contributed by atoms with van der Waals surface area (Å²) in [6.45, 7) is 1.41. The summed E-state index contributed by atoms with van der Waals surface area (Å²) in [5.74, 6) is -0.100. The van der Waals surface area contributed by atoms with Crippen molar-refractivity contribution in [2.75, 3.05) is 31.5 Å². The lowest BCUT2D eigenvalue weighted by molar-refractivity contribution is -0.123. The summed E-state index contributed by atoms with van der Waals surface area (Å²) in [7, 11) is 4.47. The van der Waals surface area contributed by atoms with Gasteiger partial charge in [-0.15, -0.1) is 0 Å². The van der Waals surface area contributed by atoms with Crippen molar-refractivity contribution in [2.45, 2.75) is 51.1 Å². The third-order valence-electron chi connectivity index (χ3n) is 6.93. The molecule has 41 heavy (non-hydrogen) atoms. The number of carbonyl (C=O) groups is 3. The predicted molar refractivity (Wildman–Crippen MR) is 153 cm³/mol. The van der Waals surface area contributed by atoms with Gasteiger partial charge in [0.25, 0.3) is 5.91 Å². The number of methoxy groups -OCH3 is 3. The van der Waals surface area contributed by atoms with E-state index in [2.05, 4.69) is 20.6 Å². The quantitative estimate of drug-likeness (QED) is 0.375. The molecule has 11 heteroatoms. The van der Waals surface area contributed by atoms with Gasteiger partial charge in [0, 0.05) is 36.7 Å². The van der Waals surface area contributed by atoms with E-state index in [1.807, 2.05) is 0 Å². The Kier molecular flexibility index (Phi) is 9.73. The highest BCUT2D eigenvalue weighted by atomic mass is 16.5. The second kappa shape index (κ2) is 13.6. The highest BCUT2D eigenvalue weighted by Gasteiger charge is 2.36. The van der Waals surface area contributed by atoms with Crippen LogP contribution in [0, 0.1) is 0 Å². The largest absolute Gasteiger partial charge is 0.493 e. The molecule has 1 aromatic heterocycles. The molecule has 3 aromatic rings. The molecule has 0 saturated heterocycles. The molecule has 1 unspecified atom stereocenters. The van der Waals surface area contributed by atoms with Crippen LogP contribution < -0.4 is 29.7 Å². The second-order valence-corrected chi connectivity index (χ2v) is 9.70. The van der Waals surface area contributed by atoms with E-state index in [4.69, 9.17) is 14.2 Å². The zero-order valence-corrected chi connectivity index (χ0v) is 23.7. The molecule has 1 atom stereocenters. The Balaban J connectivity index is 1.89. The van der Waals surface area contributed by atoms with Crippen LogP contribution in [0.3, 0.4) is 0 Å². The fourth-order valence-electron chi connectivity index (χ4n) is 5.03. The molecule has 0 bridgehead atoms. The summed E-state index contributed by atoms with van der Waals surface area (Å²) in [6.07, 6.45) is 9.12. The van der Waals surface area contributed by atoms with E-state index in [0.29, 0.717) is 34.2 Å². The maximum absolute atomic E-state index is 14.2. The molecule has 0 aliphatic heterocycles. The average molecular weight is 562 g/mol. The lowest BCUT2D eigenvalue weighted by Gasteiger charge is -2.33. The molecular weight excluding hydrogens is 526 g/mol. The molecule has 4 rings (SSSR count). The van der Waals surface area contributed by atoms with E-state index >= 15 is 0 Å². The first-order valence-electron chi connectivity index (χ1n) is 13.4. The van der Waals surface area contributed by atoms with E-state index in [9.17, 15) is 14.4 Å². The number of aromatic nitrogens is 2. The zero-order chi connectivity index (χ0) is 29.4. The maximum Gasteiger partial charge on any atom is 0.279 e. The van der Waals surface area contributed by atoms with Gasteiger partial charge in [-0.05, 0) is 54.8 Å². The van der Waals surface area contributed by atoms with Crippen LogP contribution >= 0.6 is 0 Å². The third kappa shape index (κ3) is 6.92. The summed E-state index contributed by atoms with van der Waals surface area (Å²) >= 11 is 0. The SMILES string of the molecule is COc1cc(C(C(=O)NC2CCCCC2)N(C(=O)c2cnccn2)c2ccc(NC(C)=O)cc2)cc(OC)c1OC. The maximum atomic E-state index is 14.2. The summed E-state index contributed by atoms with van der Waals surface area (Å²) < 4.78 is 16.7. The minimum absolute atomic E-state index is 0.0172. The van der Waals surface area contributed by atoms with Gasteiger partial charge in [0.1, 0.15) is 11.7 Å². The van der Waals surface area contributed by atoms with Crippen molar-refractivity contribution in [3.63, 3.8) is 0 Å². The molecule has 3 amide bonds. The lowest BCUT2D eigenvalue weighted by Crippen LogP contribution is -2.47. The van der Waals surface area contributed by atoms with Gasteiger partial charge in [-0.2, -0.15) is 0 Å². The standard InChI is InChI=1S/C30H35N5O6/c1-19(36)33-22-10-12-23(13-11-22)35(30(38)24-18-31-14-15-32-24)27(29(37)34-21-8-6-5-7-9-21)20-16-25(39-2)28(41-4)26(17-20)40-3/h10-18,21,27H,5-9H2,1-4H3,(H,33,36)(H,34,37). The fraction of sp³-hybridized carbons (Fsp3) is 0.367. The van der Waals surface area contributed by atoms with Crippen LogP contribution in [0.5, 0.6) is 17.2 Å². The van der Waals surface area contributed by atoms with Crippen LogP contribution in [0.15, 0.2) is 55.0 Å². The van der Waals surface area contributed by atoms with E-state index in [1.165, 1.54) is 51.7 Å². The Labute approximate surface area is 239 Å². The molecule has 2 N–H and O–H groups in total. The Morgan fingerprint density at radius 1 is 0.927 bits per heavy atom. The predicted octanol–water partition coefficient (Wildman–Crippen LogP) is 4.30. The van der Waals surface area contributed by atoms with Gasteiger partial charge in [-0.3, -0.25) is 24.3 Å². The number of anilines is 2. The number of hydrogen-bond acceptors (Lipinski definition) is 8. The number of carbonyl (C=O) groups excluding carboxylic acids is 3.